The van der Waals surface area contributed by atoms with Gasteiger partial charge >= 0.3 is 6.61 Å². The van der Waals surface area contributed by atoms with Crippen molar-refractivity contribution in [2.45, 2.75) is 64.9 Å². The molecule has 0 spiro atoms. The molecular formula is C26H32F2N6O2. The Bertz CT molecular complexity index is 1300. The second kappa shape index (κ2) is 10.7. The van der Waals surface area contributed by atoms with E-state index in [0.717, 1.165) is 42.7 Å². The van der Waals surface area contributed by atoms with Crippen LogP contribution in [0.3, 0.4) is 0 Å². The predicted octanol–water partition coefficient (Wildman–Crippen LogP) is 4.30. The lowest BCUT2D eigenvalue weighted by Crippen LogP contribution is -2.58. The molecule has 0 unspecified atom stereocenters. The zero-order chi connectivity index (χ0) is 26.0. The van der Waals surface area contributed by atoms with E-state index in [0.29, 0.717) is 5.52 Å². The van der Waals surface area contributed by atoms with Crippen LogP contribution >= 0.6 is 0 Å². The van der Waals surface area contributed by atoms with Gasteiger partial charge in [-0.25, -0.2) is 0 Å². The summed E-state index contributed by atoms with van der Waals surface area (Å²) in [6.45, 7) is 5.19. The zero-order valence-electron chi connectivity index (χ0n) is 21.1. The Hall–Kier alpha value is -3.45. The van der Waals surface area contributed by atoms with Crippen LogP contribution in [0.2, 0.25) is 0 Å². The SMILES string of the molecule is CC[C@H]1CN([C@@H](C)c2ccc(OC(F)F)cc2)[C@H](CC)CN1c1cc(=O)n(C)c2cn(CC#N)nc12. The minimum absolute atomic E-state index is 0.0743. The highest BCUT2D eigenvalue weighted by atomic mass is 19.3. The van der Waals surface area contributed by atoms with Crippen LogP contribution < -0.4 is 15.2 Å². The maximum absolute atomic E-state index is 12.8. The second-order valence-electron chi connectivity index (χ2n) is 9.24. The highest BCUT2D eigenvalue weighted by Crippen LogP contribution is 2.34. The average Bonchev–Trinajstić information content (AvgIpc) is 3.29. The van der Waals surface area contributed by atoms with Gasteiger partial charge in [0.2, 0.25) is 0 Å². The smallest absolute Gasteiger partial charge is 0.387 e. The molecule has 3 heterocycles. The van der Waals surface area contributed by atoms with Gasteiger partial charge in [-0.15, -0.1) is 0 Å². The number of nitrogens with zero attached hydrogens (tertiary/aromatic N) is 6. The number of fused-ring (bicyclic) bond motifs is 1. The van der Waals surface area contributed by atoms with Crippen molar-refractivity contribution in [1.82, 2.24) is 19.2 Å². The lowest BCUT2D eigenvalue weighted by Gasteiger charge is -2.49. The van der Waals surface area contributed by atoms with E-state index in [1.54, 1.807) is 40.7 Å². The minimum Gasteiger partial charge on any atom is -0.435 e. The summed E-state index contributed by atoms with van der Waals surface area (Å²) in [4.78, 5) is 17.6. The van der Waals surface area contributed by atoms with E-state index < -0.39 is 6.61 Å². The molecule has 1 aliphatic heterocycles. The fourth-order valence-electron chi connectivity index (χ4n) is 5.19. The van der Waals surface area contributed by atoms with Crippen LogP contribution in [0.25, 0.3) is 11.0 Å². The molecular weight excluding hydrogens is 466 g/mol. The van der Waals surface area contributed by atoms with Crippen molar-refractivity contribution in [2.24, 2.45) is 7.05 Å². The van der Waals surface area contributed by atoms with Crippen molar-refractivity contribution in [2.75, 3.05) is 18.0 Å². The summed E-state index contributed by atoms with van der Waals surface area (Å²) in [5.74, 6) is 0.148. The van der Waals surface area contributed by atoms with Gasteiger partial charge in [0.15, 0.2) is 0 Å². The van der Waals surface area contributed by atoms with Gasteiger partial charge in [0.1, 0.15) is 17.8 Å². The Kier molecular flexibility index (Phi) is 7.59. The Balaban J connectivity index is 1.65. The Labute approximate surface area is 209 Å². The standard InChI is InChI=1S/C26H32F2N6O2/c1-5-19-15-34(22-13-24(35)31(4)23-16-32(12-11-29)30-25(22)23)20(6-2)14-33(19)17(3)18-7-9-21(10-8-18)36-26(27)28/h7-10,13,16-17,19-20,26H,5-6,12,14-15H2,1-4H3/t17-,19+,20-/m0/s1. The first-order chi connectivity index (χ1) is 17.3. The number of aryl methyl sites for hydroxylation is 1. The molecule has 1 aliphatic rings. The van der Waals surface area contributed by atoms with Crippen LogP contribution in [0.4, 0.5) is 14.5 Å². The van der Waals surface area contributed by atoms with Crippen LogP contribution in [-0.4, -0.2) is 51.0 Å². The average molecular weight is 499 g/mol. The first kappa shape index (κ1) is 25.6. The number of anilines is 1. The van der Waals surface area contributed by atoms with Gasteiger partial charge in [0.05, 0.1) is 23.5 Å². The largest absolute Gasteiger partial charge is 0.435 e. The van der Waals surface area contributed by atoms with E-state index in [1.165, 1.54) is 0 Å². The maximum Gasteiger partial charge on any atom is 0.387 e. The third-order valence-electron chi connectivity index (χ3n) is 7.25. The molecule has 10 heteroatoms. The van der Waals surface area contributed by atoms with Gasteiger partial charge in [-0.2, -0.15) is 19.1 Å². The molecule has 2 aromatic heterocycles. The monoisotopic (exact) mass is 498 g/mol. The van der Waals surface area contributed by atoms with Gasteiger partial charge in [-0.05, 0) is 37.5 Å². The fraction of sp³-hybridized carbons (Fsp3) is 0.500. The molecule has 0 N–H and O–H groups in total. The summed E-state index contributed by atoms with van der Waals surface area (Å²) in [5, 5.41) is 13.8. The highest BCUT2D eigenvalue weighted by Gasteiger charge is 2.36. The molecule has 1 saturated heterocycles. The molecule has 1 aromatic carbocycles. The van der Waals surface area contributed by atoms with Crippen LogP contribution in [0.5, 0.6) is 5.75 Å². The molecule has 0 saturated carbocycles. The number of alkyl halides is 2. The first-order valence-corrected chi connectivity index (χ1v) is 12.3. The molecule has 0 bridgehead atoms. The summed E-state index contributed by atoms with van der Waals surface area (Å²) in [6, 6.07) is 11.0. The second-order valence-corrected chi connectivity index (χ2v) is 9.24. The molecule has 3 aromatic rings. The molecule has 8 nitrogen and oxygen atoms in total. The van der Waals surface area contributed by atoms with E-state index in [4.69, 9.17) is 5.26 Å². The number of hydrogen-bond donors (Lipinski definition) is 0. The van der Waals surface area contributed by atoms with E-state index in [1.807, 2.05) is 12.1 Å². The lowest BCUT2D eigenvalue weighted by molar-refractivity contribution is -0.0498. The number of halogens is 2. The van der Waals surface area contributed by atoms with Crippen molar-refractivity contribution >= 4 is 16.7 Å². The Morgan fingerprint density at radius 3 is 2.47 bits per heavy atom. The van der Waals surface area contributed by atoms with Crippen LogP contribution in [0.15, 0.2) is 41.3 Å². The van der Waals surface area contributed by atoms with Crippen LogP contribution in [0.1, 0.15) is 45.2 Å². The maximum atomic E-state index is 12.8. The number of aromatic nitrogens is 3. The number of benzene rings is 1. The number of pyridine rings is 1. The normalized spacial score (nSPS) is 19.6. The van der Waals surface area contributed by atoms with Gasteiger partial charge < -0.3 is 14.2 Å². The summed E-state index contributed by atoms with van der Waals surface area (Å²) >= 11 is 0. The predicted molar refractivity (Wildman–Crippen MR) is 134 cm³/mol. The number of hydrogen-bond acceptors (Lipinski definition) is 6. The molecule has 0 amide bonds. The Morgan fingerprint density at radius 1 is 1.17 bits per heavy atom. The molecule has 1 fully saturated rings. The number of nitriles is 1. The molecule has 0 aliphatic carbocycles. The number of ether oxygens (including phenoxy) is 1. The molecule has 192 valence electrons. The van der Waals surface area contributed by atoms with Crippen molar-refractivity contribution in [3.05, 3.63) is 52.4 Å². The summed E-state index contributed by atoms with van der Waals surface area (Å²) in [6.07, 6.45) is 3.53. The third kappa shape index (κ3) is 4.93. The third-order valence-corrected chi connectivity index (χ3v) is 7.25. The summed E-state index contributed by atoms with van der Waals surface area (Å²) in [7, 11) is 1.72. The molecule has 3 atom stereocenters. The number of rotatable bonds is 8. The highest BCUT2D eigenvalue weighted by molar-refractivity contribution is 5.88. The minimum atomic E-state index is -2.84. The van der Waals surface area contributed by atoms with E-state index in [-0.39, 0.29) is 36.0 Å². The first-order valence-electron chi connectivity index (χ1n) is 12.3. The van der Waals surface area contributed by atoms with Crippen LogP contribution in [0, 0.1) is 11.3 Å². The van der Waals surface area contributed by atoms with Gasteiger partial charge in [0.25, 0.3) is 5.56 Å². The fourth-order valence-corrected chi connectivity index (χ4v) is 5.19. The van der Waals surface area contributed by atoms with E-state index in [9.17, 15) is 13.6 Å². The van der Waals surface area contributed by atoms with Gasteiger partial charge in [-0.1, -0.05) is 26.0 Å². The quantitative estimate of drug-likeness (QED) is 0.461. The molecule has 4 rings (SSSR count). The van der Waals surface area contributed by atoms with Crippen molar-refractivity contribution in [3.8, 4) is 11.8 Å². The van der Waals surface area contributed by atoms with E-state index >= 15 is 0 Å². The topological polar surface area (TPSA) is 79.3 Å². The number of piperazine rings is 1. The lowest BCUT2D eigenvalue weighted by atomic mass is 9.96. The van der Waals surface area contributed by atoms with Crippen molar-refractivity contribution in [1.29, 1.82) is 5.26 Å². The summed E-state index contributed by atoms with van der Waals surface area (Å²) in [5.41, 5.74) is 3.15. The van der Waals surface area contributed by atoms with E-state index in [2.05, 4.69) is 46.5 Å². The summed E-state index contributed by atoms with van der Waals surface area (Å²) < 4.78 is 32.7. The zero-order valence-corrected chi connectivity index (χ0v) is 21.1. The molecule has 0 radical (unpaired) electrons. The Morgan fingerprint density at radius 2 is 1.86 bits per heavy atom. The van der Waals surface area contributed by atoms with Crippen molar-refractivity contribution < 1.29 is 13.5 Å². The van der Waals surface area contributed by atoms with Crippen LogP contribution in [-0.2, 0) is 13.6 Å². The van der Waals surface area contributed by atoms with Gasteiger partial charge in [0, 0.05) is 44.3 Å². The van der Waals surface area contributed by atoms with Gasteiger partial charge in [-0.3, -0.25) is 14.4 Å². The molecule has 36 heavy (non-hydrogen) atoms. The van der Waals surface area contributed by atoms with Crippen molar-refractivity contribution in [3.63, 3.8) is 0 Å².